The molecule has 1 aromatic carbocycles. The molecular formula is C14H16FNO3S2. The highest BCUT2D eigenvalue weighted by atomic mass is 32.2. The zero-order valence-electron chi connectivity index (χ0n) is 11.6. The molecule has 21 heavy (non-hydrogen) atoms. The molecule has 2 N–H and O–H groups in total. The lowest BCUT2D eigenvalue weighted by Crippen LogP contribution is -2.26. The zero-order chi connectivity index (χ0) is 15.6. The number of rotatable bonds is 5. The van der Waals surface area contributed by atoms with E-state index in [0.29, 0.717) is 0 Å². The van der Waals surface area contributed by atoms with E-state index in [1.54, 1.807) is 6.92 Å². The van der Waals surface area contributed by atoms with Crippen molar-refractivity contribution >= 4 is 21.4 Å². The van der Waals surface area contributed by atoms with Gasteiger partial charge in [0, 0.05) is 15.3 Å². The minimum absolute atomic E-state index is 0.0440. The maximum atomic E-state index is 13.3. The van der Waals surface area contributed by atoms with Gasteiger partial charge in [-0.1, -0.05) is 0 Å². The second kappa shape index (κ2) is 6.23. The molecule has 2 rings (SSSR count). The van der Waals surface area contributed by atoms with Crippen molar-refractivity contribution < 1.29 is 17.9 Å². The van der Waals surface area contributed by atoms with Gasteiger partial charge in [-0.3, -0.25) is 0 Å². The minimum atomic E-state index is -3.77. The molecule has 0 aliphatic heterocycles. The monoisotopic (exact) mass is 329 g/mol. The SMILES string of the molecule is Cc1ccc(C(C)NS(=O)(=O)c2ccc(F)c(CO)c2)s1. The molecule has 0 radical (unpaired) electrons. The molecule has 1 atom stereocenters. The first-order valence-electron chi connectivity index (χ1n) is 6.31. The Labute approximate surface area is 127 Å². The Bertz CT molecular complexity index is 740. The Hall–Kier alpha value is -1.28. The Morgan fingerprint density at radius 2 is 2.05 bits per heavy atom. The Kier molecular flexibility index (Phi) is 4.77. The highest BCUT2D eigenvalue weighted by Crippen LogP contribution is 2.24. The first-order valence-corrected chi connectivity index (χ1v) is 8.61. The van der Waals surface area contributed by atoms with Gasteiger partial charge >= 0.3 is 0 Å². The van der Waals surface area contributed by atoms with Crippen molar-refractivity contribution in [3.8, 4) is 0 Å². The van der Waals surface area contributed by atoms with Crippen LogP contribution in [0.1, 0.15) is 28.3 Å². The van der Waals surface area contributed by atoms with Crippen LogP contribution in [0, 0.1) is 12.7 Å². The summed E-state index contributed by atoms with van der Waals surface area (Å²) in [6.07, 6.45) is 0. The molecule has 1 heterocycles. The van der Waals surface area contributed by atoms with Crippen LogP contribution in [-0.4, -0.2) is 13.5 Å². The minimum Gasteiger partial charge on any atom is -0.392 e. The molecule has 0 amide bonds. The van der Waals surface area contributed by atoms with Gasteiger partial charge in [-0.2, -0.15) is 0 Å². The summed E-state index contributed by atoms with van der Waals surface area (Å²) in [5.41, 5.74) is -0.0440. The van der Waals surface area contributed by atoms with Crippen LogP contribution in [0.5, 0.6) is 0 Å². The number of aryl methyl sites for hydroxylation is 1. The summed E-state index contributed by atoms with van der Waals surface area (Å²) >= 11 is 1.51. The van der Waals surface area contributed by atoms with E-state index < -0.39 is 22.4 Å². The van der Waals surface area contributed by atoms with E-state index in [1.807, 2.05) is 19.1 Å². The molecule has 114 valence electrons. The number of sulfonamides is 1. The molecule has 4 nitrogen and oxygen atoms in total. The van der Waals surface area contributed by atoms with Crippen molar-refractivity contribution in [3.63, 3.8) is 0 Å². The average Bonchev–Trinajstić information content (AvgIpc) is 2.85. The standard InChI is InChI=1S/C14H16FNO3S2/c1-9-3-6-14(20-9)10(2)16-21(18,19)12-4-5-13(15)11(7-12)8-17/h3-7,10,16-17H,8H2,1-2H3. The summed E-state index contributed by atoms with van der Waals surface area (Å²) in [4.78, 5) is 1.94. The van der Waals surface area contributed by atoms with Crippen LogP contribution in [0.3, 0.4) is 0 Å². The van der Waals surface area contributed by atoms with Gasteiger partial charge < -0.3 is 5.11 Å². The number of thiophene rings is 1. The van der Waals surface area contributed by atoms with Gasteiger partial charge in [0.05, 0.1) is 17.5 Å². The van der Waals surface area contributed by atoms with E-state index in [1.165, 1.54) is 17.4 Å². The van der Waals surface area contributed by atoms with Crippen LogP contribution < -0.4 is 4.72 Å². The molecule has 0 saturated heterocycles. The van der Waals surface area contributed by atoms with E-state index in [2.05, 4.69) is 4.72 Å². The van der Waals surface area contributed by atoms with Gasteiger partial charge in [-0.25, -0.2) is 17.5 Å². The second-order valence-electron chi connectivity index (χ2n) is 4.70. The topological polar surface area (TPSA) is 66.4 Å². The van der Waals surface area contributed by atoms with E-state index >= 15 is 0 Å². The number of hydrogen-bond acceptors (Lipinski definition) is 4. The van der Waals surface area contributed by atoms with E-state index in [9.17, 15) is 12.8 Å². The molecule has 0 fully saturated rings. The Morgan fingerprint density at radius 3 is 2.62 bits per heavy atom. The molecule has 0 aliphatic carbocycles. The van der Waals surface area contributed by atoms with Gasteiger partial charge in [-0.05, 0) is 44.2 Å². The van der Waals surface area contributed by atoms with Gasteiger partial charge in [0.25, 0.3) is 0 Å². The van der Waals surface area contributed by atoms with E-state index in [4.69, 9.17) is 5.11 Å². The lowest BCUT2D eigenvalue weighted by Gasteiger charge is -2.13. The molecule has 2 aromatic rings. The summed E-state index contributed by atoms with van der Waals surface area (Å²) in [6, 6.07) is 6.79. The summed E-state index contributed by atoms with van der Waals surface area (Å²) in [7, 11) is -3.77. The molecule has 7 heteroatoms. The molecular weight excluding hydrogens is 313 g/mol. The maximum absolute atomic E-state index is 13.3. The van der Waals surface area contributed by atoms with Crippen molar-refractivity contribution in [2.75, 3.05) is 0 Å². The maximum Gasteiger partial charge on any atom is 0.241 e. The summed E-state index contributed by atoms with van der Waals surface area (Å²) in [5.74, 6) is -0.626. The van der Waals surface area contributed by atoms with Crippen LogP contribution in [0.4, 0.5) is 4.39 Å². The second-order valence-corrected chi connectivity index (χ2v) is 7.74. The molecule has 1 aromatic heterocycles. The Balaban J connectivity index is 2.26. The number of benzene rings is 1. The molecule has 1 unspecified atom stereocenters. The third-order valence-corrected chi connectivity index (χ3v) is 5.74. The predicted molar refractivity (Wildman–Crippen MR) is 80.1 cm³/mol. The van der Waals surface area contributed by atoms with Gasteiger partial charge in [0.1, 0.15) is 5.82 Å². The zero-order valence-corrected chi connectivity index (χ0v) is 13.3. The fraction of sp³-hybridized carbons (Fsp3) is 0.286. The number of halogens is 1. The van der Waals surface area contributed by atoms with Crippen LogP contribution in [0.2, 0.25) is 0 Å². The van der Waals surface area contributed by atoms with Crippen molar-refractivity contribution in [1.29, 1.82) is 0 Å². The summed E-state index contributed by atoms with van der Waals surface area (Å²) in [5, 5.41) is 9.02. The average molecular weight is 329 g/mol. The smallest absolute Gasteiger partial charge is 0.241 e. The highest BCUT2D eigenvalue weighted by Gasteiger charge is 2.20. The van der Waals surface area contributed by atoms with Crippen LogP contribution in [-0.2, 0) is 16.6 Å². The van der Waals surface area contributed by atoms with E-state index in [-0.39, 0.29) is 16.5 Å². The number of hydrogen-bond donors (Lipinski definition) is 2. The lowest BCUT2D eigenvalue weighted by molar-refractivity contribution is 0.275. The molecule has 0 aliphatic rings. The van der Waals surface area contributed by atoms with Gasteiger partial charge in [-0.15, -0.1) is 11.3 Å². The van der Waals surface area contributed by atoms with Gasteiger partial charge in [0.15, 0.2) is 0 Å². The highest BCUT2D eigenvalue weighted by molar-refractivity contribution is 7.89. The van der Waals surface area contributed by atoms with Crippen LogP contribution in [0.25, 0.3) is 0 Å². The quantitative estimate of drug-likeness (QED) is 0.886. The number of aliphatic hydroxyl groups excluding tert-OH is 1. The van der Waals surface area contributed by atoms with Crippen LogP contribution >= 0.6 is 11.3 Å². The van der Waals surface area contributed by atoms with Crippen molar-refractivity contribution in [3.05, 3.63) is 51.5 Å². The molecule has 0 spiro atoms. The normalized spacial score (nSPS) is 13.3. The molecule has 0 saturated carbocycles. The number of nitrogens with one attached hydrogen (secondary N) is 1. The fourth-order valence-corrected chi connectivity index (χ4v) is 4.11. The van der Waals surface area contributed by atoms with Crippen LogP contribution in [0.15, 0.2) is 35.2 Å². The van der Waals surface area contributed by atoms with Gasteiger partial charge in [0.2, 0.25) is 10.0 Å². The first kappa shape index (κ1) is 16.1. The largest absolute Gasteiger partial charge is 0.392 e. The lowest BCUT2D eigenvalue weighted by atomic mass is 10.2. The summed E-state index contributed by atoms with van der Waals surface area (Å²) < 4.78 is 40.4. The predicted octanol–water partition coefficient (Wildman–Crippen LogP) is 2.73. The van der Waals surface area contributed by atoms with E-state index in [0.717, 1.165) is 21.9 Å². The van der Waals surface area contributed by atoms with Crippen molar-refractivity contribution in [2.24, 2.45) is 0 Å². The van der Waals surface area contributed by atoms with Crippen molar-refractivity contribution in [2.45, 2.75) is 31.4 Å². The third kappa shape index (κ3) is 3.68. The summed E-state index contributed by atoms with van der Waals surface area (Å²) in [6.45, 7) is 3.15. The Morgan fingerprint density at radius 1 is 1.33 bits per heavy atom. The fourth-order valence-electron chi connectivity index (χ4n) is 1.88. The number of aliphatic hydroxyl groups is 1. The third-order valence-electron chi connectivity index (χ3n) is 3.02. The van der Waals surface area contributed by atoms with Crippen molar-refractivity contribution in [1.82, 2.24) is 4.72 Å². The molecule has 0 bridgehead atoms. The first-order chi connectivity index (χ1) is 9.83.